The Morgan fingerprint density at radius 3 is 2.45 bits per heavy atom. The van der Waals surface area contributed by atoms with E-state index in [1.807, 2.05) is 55.5 Å². The fourth-order valence-electron chi connectivity index (χ4n) is 5.30. The van der Waals surface area contributed by atoms with Crippen molar-refractivity contribution in [2.75, 3.05) is 10.2 Å². The largest absolute Gasteiger partial charge is 0.457 e. The lowest BCUT2D eigenvalue weighted by molar-refractivity contribution is -0.122. The number of amides is 3. The number of nitrogens with one attached hydrogen (secondary N) is 1. The van der Waals surface area contributed by atoms with Crippen LogP contribution in [0.5, 0.6) is 11.5 Å². The molecule has 3 amide bonds. The summed E-state index contributed by atoms with van der Waals surface area (Å²) in [5.41, 5.74) is 2.53. The summed E-state index contributed by atoms with van der Waals surface area (Å²) in [5.74, 6) is 0.0588. The molecular weight excluding hydrogens is 476 g/mol. The lowest BCUT2D eigenvalue weighted by atomic mass is 9.82. The Labute approximate surface area is 220 Å². The normalized spacial score (nSPS) is 18.8. The summed E-state index contributed by atoms with van der Waals surface area (Å²) >= 11 is 0. The van der Waals surface area contributed by atoms with Crippen LogP contribution in [0.25, 0.3) is 10.8 Å². The van der Waals surface area contributed by atoms with Crippen LogP contribution in [0.4, 0.5) is 11.4 Å². The minimum absolute atomic E-state index is 0.188. The summed E-state index contributed by atoms with van der Waals surface area (Å²) in [4.78, 5) is 40.4. The smallest absolute Gasteiger partial charge is 0.255 e. The van der Waals surface area contributed by atoms with Gasteiger partial charge in [0.15, 0.2) is 0 Å². The van der Waals surface area contributed by atoms with E-state index in [9.17, 15) is 14.4 Å². The van der Waals surface area contributed by atoms with Crippen molar-refractivity contribution in [3.63, 3.8) is 0 Å². The number of fused-ring (bicyclic) bond motifs is 2. The van der Waals surface area contributed by atoms with Gasteiger partial charge in [0.25, 0.3) is 5.91 Å². The van der Waals surface area contributed by atoms with E-state index in [0.29, 0.717) is 35.5 Å². The minimum Gasteiger partial charge on any atom is -0.457 e. The first-order valence-corrected chi connectivity index (χ1v) is 12.7. The lowest BCUT2D eigenvalue weighted by Crippen LogP contribution is -2.31. The molecule has 1 saturated heterocycles. The molecule has 4 aromatic carbocycles. The average Bonchev–Trinajstić information content (AvgIpc) is 3.18. The molecule has 0 spiro atoms. The van der Waals surface area contributed by atoms with Crippen molar-refractivity contribution < 1.29 is 19.1 Å². The van der Waals surface area contributed by atoms with E-state index in [4.69, 9.17) is 4.74 Å². The topological polar surface area (TPSA) is 75.7 Å². The maximum atomic E-state index is 13.1. The first-order valence-electron chi connectivity index (χ1n) is 12.7. The lowest BCUT2D eigenvalue weighted by Gasteiger charge is -2.18. The van der Waals surface area contributed by atoms with Crippen molar-refractivity contribution in [3.05, 3.63) is 108 Å². The first-order chi connectivity index (χ1) is 18.5. The van der Waals surface area contributed by atoms with Crippen molar-refractivity contribution in [1.82, 2.24) is 0 Å². The van der Waals surface area contributed by atoms with Crippen molar-refractivity contribution in [2.45, 2.75) is 19.8 Å². The highest BCUT2D eigenvalue weighted by atomic mass is 16.5. The minimum atomic E-state index is -0.330. The van der Waals surface area contributed by atoms with Crippen LogP contribution in [0.1, 0.15) is 30.1 Å². The number of anilines is 2. The molecule has 0 aromatic heterocycles. The molecule has 2 aliphatic rings. The second-order valence-corrected chi connectivity index (χ2v) is 9.82. The van der Waals surface area contributed by atoms with Gasteiger partial charge >= 0.3 is 0 Å². The van der Waals surface area contributed by atoms with Gasteiger partial charge in [0.05, 0.1) is 17.5 Å². The Bertz CT molecular complexity index is 1600. The van der Waals surface area contributed by atoms with Gasteiger partial charge in [-0.2, -0.15) is 0 Å². The molecule has 0 unspecified atom stereocenters. The number of rotatable bonds is 5. The third-order valence-corrected chi connectivity index (χ3v) is 7.28. The Balaban J connectivity index is 1.16. The van der Waals surface area contributed by atoms with E-state index < -0.39 is 0 Å². The maximum Gasteiger partial charge on any atom is 0.255 e. The summed E-state index contributed by atoms with van der Waals surface area (Å²) in [6.07, 6.45) is 3.22. The number of hydrogen-bond donors (Lipinski definition) is 1. The van der Waals surface area contributed by atoms with Gasteiger partial charge < -0.3 is 10.1 Å². The summed E-state index contributed by atoms with van der Waals surface area (Å²) in [5, 5.41) is 5.00. The predicted octanol–water partition coefficient (Wildman–Crippen LogP) is 6.73. The van der Waals surface area contributed by atoms with Crippen molar-refractivity contribution in [2.24, 2.45) is 11.8 Å². The molecule has 6 rings (SSSR count). The van der Waals surface area contributed by atoms with Gasteiger partial charge in [-0.1, -0.05) is 54.1 Å². The van der Waals surface area contributed by atoms with Gasteiger partial charge in [0, 0.05) is 16.6 Å². The van der Waals surface area contributed by atoms with Crippen LogP contribution >= 0.6 is 0 Å². The molecule has 38 heavy (non-hydrogen) atoms. The Hall–Kier alpha value is -4.71. The van der Waals surface area contributed by atoms with E-state index in [-0.39, 0.29) is 29.6 Å². The molecule has 0 saturated carbocycles. The molecule has 4 aromatic rings. The van der Waals surface area contributed by atoms with Crippen molar-refractivity contribution in [1.29, 1.82) is 0 Å². The van der Waals surface area contributed by atoms with Gasteiger partial charge in [-0.15, -0.1) is 0 Å². The number of allylic oxidation sites excluding steroid dienone is 2. The predicted molar refractivity (Wildman–Crippen MR) is 147 cm³/mol. The number of nitrogens with zero attached hydrogens (tertiary/aromatic N) is 1. The Morgan fingerprint density at radius 2 is 1.61 bits per heavy atom. The van der Waals surface area contributed by atoms with E-state index in [0.717, 1.165) is 22.1 Å². The van der Waals surface area contributed by atoms with Crippen LogP contribution in [0.15, 0.2) is 103 Å². The average molecular weight is 503 g/mol. The second kappa shape index (κ2) is 9.63. The number of benzene rings is 4. The monoisotopic (exact) mass is 502 g/mol. The summed E-state index contributed by atoms with van der Waals surface area (Å²) < 4.78 is 6.09. The fraction of sp³-hybridized carbons (Fsp3) is 0.156. The van der Waals surface area contributed by atoms with Gasteiger partial charge in [0.2, 0.25) is 11.8 Å². The second-order valence-electron chi connectivity index (χ2n) is 9.82. The fourth-order valence-corrected chi connectivity index (χ4v) is 5.30. The number of ether oxygens (including phenoxy) is 1. The molecule has 0 radical (unpaired) electrons. The van der Waals surface area contributed by atoms with E-state index in [1.165, 1.54) is 4.90 Å². The maximum absolute atomic E-state index is 13.1. The van der Waals surface area contributed by atoms with Gasteiger partial charge in [-0.3, -0.25) is 19.3 Å². The summed E-state index contributed by atoms with van der Waals surface area (Å²) in [7, 11) is 0. The number of carbonyl (C=O) groups excluding carboxylic acids is 3. The van der Waals surface area contributed by atoms with Crippen LogP contribution in [0.3, 0.4) is 0 Å². The van der Waals surface area contributed by atoms with Crippen molar-refractivity contribution in [3.8, 4) is 11.5 Å². The molecule has 0 bridgehead atoms. The molecule has 1 N–H and O–H groups in total. The molecule has 1 aliphatic heterocycles. The van der Waals surface area contributed by atoms with Crippen LogP contribution in [-0.2, 0) is 9.59 Å². The summed E-state index contributed by atoms with van der Waals surface area (Å²) in [6, 6.07) is 27.7. The molecule has 1 heterocycles. The number of carbonyl (C=O) groups is 3. The number of imide groups is 1. The third kappa shape index (κ3) is 4.34. The van der Waals surface area contributed by atoms with E-state index >= 15 is 0 Å². The molecular formula is C32H26N2O4. The van der Waals surface area contributed by atoms with Crippen LogP contribution < -0.4 is 15.0 Å². The van der Waals surface area contributed by atoms with Crippen LogP contribution in [-0.4, -0.2) is 17.7 Å². The van der Waals surface area contributed by atoms with Crippen LogP contribution in [0, 0.1) is 11.8 Å². The first kappa shape index (κ1) is 23.7. The Morgan fingerprint density at radius 1 is 0.868 bits per heavy atom. The number of hydrogen-bond acceptors (Lipinski definition) is 4. The zero-order chi connectivity index (χ0) is 26.2. The quantitative estimate of drug-likeness (QED) is 0.243. The molecule has 2 atom stereocenters. The SMILES string of the molecule is CC1=CC[C@@H]2C(=O)N(c3cccc(C(=O)Nc4ccc(Oc5cccc6ccccc56)cc4)c3)C(=O)[C@H]2C1. The molecule has 6 heteroatoms. The van der Waals surface area contributed by atoms with Gasteiger partial charge in [-0.05, 0) is 73.7 Å². The standard InChI is InChI=1S/C32H26N2O4/c1-20-12-17-27-28(18-20)32(37)34(31(27)36)24-9-4-8-22(19-24)30(35)33-23-13-15-25(16-14-23)38-29-11-5-7-21-6-2-3-10-26(21)29/h2-16,19,27-28H,17-18H2,1H3,(H,33,35)/t27-,28-/m0/s1. The van der Waals surface area contributed by atoms with Gasteiger partial charge in [0.1, 0.15) is 11.5 Å². The highest BCUT2D eigenvalue weighted by Gasteiger charge is 2.48. The molecule has 6 nitrogen and oxygen atoms in total. The van der Waals surface area contributed by atoms with Crippen LogP contribution in [0.2, 0.25) is 0 Å². The van der Waals surface area contributed by atoms with Crippen molar-refractivity contribution >= 4 is 39.9 Å². The highest BCUT2D eigenvalue weighted by Crippen LogP contribution is 2.40. The molecule has 188 valence electrons. The molecule has 1 fully saturated rings. The van der Waals surface area contributed by atoms with E-state index in [1.54, 1.807) is 48.5 Å². The third-order valence-electron chi connectivity index (χ3n) is 7.28. The van der Waals surface area contributed by atoms with Gasteiger partial charge in [-0.25, -0.2) is 0 Å². The summed E-state index contributed by atoms with van der Waals surface area (Å²) in [6.45, 7) is 1.99. The zero-order valence-corrected chi connectivity index (χ0v) is 20.9. The van der Waals surface area contributed by atoms with E-state index in [2.05, 4.69) is 5.32 Å². The molecule has 1 aliphatic carbocycles. The zero-order valence-electron chi connectivity index (χ0n) is 20.9. The Kier molecular flexibility index (Phi) is 6.00. The highest BCUT2D eigenvalue weighted by molar-refractivity contribution is 6.22.